The number of hydrogen-bond acceptors (Lipinski definition) is 3. The molecule has 3 rings (SSSR count). The van der Waals surface area contributed by atoms with E-state index in [2.05, 4.69) is 4.98 Å². The highest BCUT2D eigenvalue weighted by Crippen LogP contribution is 2.40. The molecule has 1 aliphatic carbocycles. The summed E-state index contributed by atoms with van der Waals surface area (Å²) in [5, 5.41) is 0.437. The molecule has 4 nitrogen and oxygen atoms in total. The lowest BCUT2D eigenvalue weighted by molar-refractivity contribution is -0.0102. The highest BCUT2D eigenvalue weighted by molar-refractivity contribution is 6.31. The molecule has 1 aromatic rings. The van der Waals surface area contributed by atoms with Gasteiger partial charge < -0.3 is 10.6 Å². The topological polar surface area (TPSA) is 59.2 Å². The number of carbonyl (C=O) groups is 1. The number of amides is 1. The number of nitrogens with zero attached hydrogens (tertiary/aromatic N) is 2. The van der Waals surface area contributed by atoms with Crippen molar-refractivity contribution in [3.63, 3.8) is 0 Å². The van der Waals surface area contributed by atoms with Crippen LogP contribution in [0.25, 0.3) is 0 Å². The van der Waals surface area contributed by atoms with Gasteiger partial charge in [-0.15, -0.1) is 0 Å². The molecule has 126 valence electrons. The van der Waals surface area contributed by atoms with Crippen molar-refractivity contribution in [3.8, 4) is 0 Å². The van der Waals surface area contributed by atoms with Crippen LogP contribution in [0.15, 0.2) is 6.07 Å². The first-order valence-electron chi connectivity index (χ1n) is 8.00. The zero-order valence-corrected chi connectivity index (χ0v) is 13.6. The van der Waals surface area contributed by atoms with E-state index in [1.54, 1.807) is 11.0 Å². The first-order chi connectivity index (χ1) is 10.9. The highest BCUT2D eigenvalue weighted by atomic mass is 35.5. The lowest BCUT2D eigenvalue weighted by Crippen LogP contribution is -2.30. The molecule has 2 N–H and O–H groups in total. The first kappa shape index (κ1) is 16.4. The van der Waals surface area contributed by atoms with Crippen molar-refractivity contribution in [2.45, 2.75) is 50.4 Å². The summed E-state index contributed by atoms with van der Waals surface area (Å²) in [4.78, 5) is 18.1. The molecular formula is C16H20ClF2N3O. The lowest BCUT2D eigenvalue weighted by Gasteiger charge is -2.29. The third-order valence-electron chi connectivity index (χ3n) is 4.76. The molecule has 1 saturated carbocycles. The van der Waals surface area contributed by atoms with Crippen molar-refractivity contribution in [2.24, 2.45) is 5.73 Å². The normalized spacial score (nSPS) is 21.6. The van der Waals surface area contributed by atoms with Gasteiger partial charge >= 0.3 is 0 Å². The van der Waals surface area contributed by atoms with E-state index in [4.69, 9.17) is 17.3 Å². The fourth-order valence-electron chi connectivity index (χ4n) is 3.16. The summed E-state index contributed by atoms with van der Waals surface area (Å²) in [5.74, 6) is -2.60. The lowest BCUT2D eigenvalue weighted by atomic mass is 9.82. The van der Waals surface area contributed by atoms with Crippen LogP contribution in [0, 0.1) is 0 Å². The van der Waals surface area contributed by atoms with E-state index < -0.39 is 11.8 Å². The molecule has 1 aliphatic heterocycles. The fraction of sp³-hybridized carbons (Fsp3) is 0.625. The van der Waals surface area contributed by atoms with Gasteiger partial charge in [-0.25, -0.2) is 13.8 Å². The number of primary amides is 1. The van der Waals surface area contributed by atoms with E-state index in [1.807, 2.05) is 0 Å². The number of nitrogens with two attached hydrogens (primary N) is 1. The summed E-state index contributed by atoms with van der Waals surface area (Å²) in [5.41, 5.74) is 6.41. The van der Waals surface area contributed by atoms with Crippen LogP contribution in [-0.2, 0) is 0 Å². The van der Waals surface area contributed by atoms with Crippen LogP contribution in [0.2, 0.25) is 5.02 Å². The zero-order chi connectivity index (χ0) is 16.6. The van der Waals surface area contributed by atoms with E-state index >= 15 is 0 Å². The maximum Gasteiger partial charge on any atom is 0.252 e. The van der Waals surface area contributed by atoms with Gasteiger partial charge in [-0.2, -0.15) is 0 Å². The number of aromatic nitrogens is 1. The zero-order valence-electron chi connectivity index (χ0n) is 12.8. The average molecular weight is 344 g/mol. The number of halogens is 3. The molecule has 2 heterocycles. The van der Waals surface area contributed by atoms with Crippen LogP contribution in [0.3, 0.4) is 0 Å². The van der Waals surface area contributed by atoms with Gasteiger partial charge in [0.05, 0.1) is 16.3 Å². The number of pyridine rings is 1. The van der Waals surface area contributed by atoms with E-state index in [0.29, 0.717) is 23.8 Å². The van der Waals surface area contributed by atoms with Gasteiger partial charge in [0.25, 0.3) is 5.91 Å². The van der Waals surface area contributed by atoms with Crippen molar-refractivity contribution < 1.29 is 13.6 Å². The third-order valence-corrected chi connectivity index (χ3v) is 5.06. The van der Waals surface area contributed by atoms with Gasteiger partial charge in [0.15, 0.2) is 0 Å². The maximum atomic E-state index is 13.6. The van der Waals surface area contributed by atoms with Gasteiger partial charge in [-0.05, 0) is 25.3 Å². The Hall–Kier alpha value is -1.43. The Morgan fingerprint density at radius 2 is 2.04 bits per heavy atom. The smallest absolute Gasteiger partial charge is 0.252 e. The Kier molecular flexibility index (Phi) is 4.45. The van der Waals surface area contributed by atoms with Gasteiger partial charge in [-0.1, -0.05) is 18.0 Å². The van der Waals surface area contributed by atoms with E-state index in [9.17, 15) is 13.6 Å². The van der Waals surface area contributed by atoms with Crippen LogP contribution in [0.1, 0.15) is 60.5 Å². The van der Waals surface area contributed by atoms with Gasteiger partial charge in [0, 0.05) is 31.8 Å². The Bertz CT molecular complexity index is 620. The second-order valence-corrected chi connectivity index (χ2v) is 6.82. The average Bonchev–Trinajstić information content (AvgIpc) is 2.59. The molecule has 1 saturated heterocycles. The quantitative estimate of drug-likeness (QED) is 0.909. The summed E-state index contributed by atoms with van der Waals surface area (Å²) in [6.45, 7) is 0.598. The molecule has 0 atom stereocenters. The molecule has 1 aromatic heterocycles. The predicted octanol–water partition coefficient (Wildman–Crippen LogP) is 3.73. The minimum Gasteiger partial charge on any atom is -0.365 e. The fourth-order valence-corrected chi connectivity index (χ4v) is 3.46. The van der Waals surface area contributed by atoms with Crippen LogP contribution in [0.4, 0.5) is 14.6 Å². The predicted molar refractivity (Wildman–Crippen MR) is 85.4 cm³/mol. The molecule has 23 heavy (non-hydrogen) atoms. The minimum atomic E-state index is -2.66. The molecule has 0 spiro atoms. The Labute approximate surface area is 139 Å². The van der Waals surface area contributed by atoms with Crippen molar-refractivity contribution in [1.29, 1.82) is 0 Å². The summed E-state index contributed by atoms with van der Waals surface area (Å²) >= 11 is 6.26. The Morgan fingerprint density at radius 1 is 1.30 bits per heavy atom. The molecule has 0 aromatic carbocycles. The second-order valence-electron chi connectivity index (χ2n) is 6.42. The molecule has 1 amide bonds. The Balaban J connectivity index is 1.96. The summed E-state index contributed by atoms with van der Waals surface area (Å²) in [7, 11) is 0. The summed E-state index contributed by atoms with van der Waals surface area (Å²) in [6.07, 6.45) is 3.13. The highest BCUT2D eigenvalue weighted by Gasteiger charge is 2.34. The van der Waals surface area contributed by atoms with Crippen molar-refractivity contribution in [2.75, 3.05) is 18.0 Å². The van der Waals surface area contributed by atoms with E-state index in [-0.39, 0.29) is 30.9 Å². The molecule has 0 radical (unpaired) electrons. The molecule has 2 aliphatic rings. The number of anilines is 1. The van der Waals surface area contributed by atoms with Crippen LogP contribution in [-0.4, -0.2) is 29.9 Å². The van der Waals surface area contributed by atoms with Gasteiger partial charge in [0.2, 0.25) is 5.92 Å². The number of carbonyl (C=O) groups excluding carboxylic acids is 1. The monoisotopic (exact) mass is 343 g/mol. The Morgan fingerprint density at radius 3 is 2.65 bits per heavy atom. The van der Waals surface area contributed by atoms with Gasteiger partial charge in [0.1, 0.15) is 5.82 Å². The molecule has 0 bridgehead atoms. The van der Waals surface area contributed by atoms with E-state index in [0.717, 1.165) is 25.0 Å². The summed E-state index contributed by atoms with van der Waals surface area (Å²) < 4.78 is 27.2. The molecule has 2 fully saturated rings. The third kappa shape index (κ3) is 3.42. The largest absolute Gasteiger partial charge is 0.365 e. The first-order valence-corrected chi connectivity index (χ1v) is 8.38. The van der Waals surface area contributed by atoms with Crippen molar-refractivity contribution in [3.05, 3.63) is 22.3 Å². The van der Waals surface area contributed by atoms with Crippen LogP contribution in [0.5, 0.6) is 0 Å². The molecule has 7 heteroatoms. The number of rotatable bonds is 3. The molecular weight excluding hydrogens is 324 g/mol. The van der Waals surface area contributed by atoms with Crippen LogP contribution >= 0.6 is 11.6 Å². The second kappa shape index (κ2) is 6.23. The SMILES string of the molecule is NC(=O)c1cc(Cl)c(C2CCC2)nc1N1CCCC(F)(F)CC1. The van der Waals surface area contributed by atoms with Crippen LogP contribution < -0.4 is 10.6 Å². The van der Waals surface area contributed by atoms with Gasteiger partial charge in [-0.3, -0.25) is 4.79 Å². The number of hydrogen-bond donors (Lipinski definition) is 1. The number of alkyl halides is 2. The summed E-state index contributed by atoms with van der Waals surface area (Å²) in [6, 6.07) is 1.54. The van der Waals surface area contributed by atoms with E-state index in [1.165, 1.54) is 0 Å². The minimum absolute atomic E-state index is 0.140. The standard InChI is InChI=1S/C16H20ClF2N3O/c17-12-9-11(14(20)23)15(21-13(12)10-3-1-4-10)22-7-2-5-16(18,19)6-8-22/h9-10H,1-8H2,(H2,20,23). The van der Waals surface area contributed by atoms with Crippen molar-refractivity contribution >= 4 is 23.3 Å². The van der Waals surface area contributed by atoms with Crippen molar-refractivity contribution in [1.82, 2.24) is 4.98 Å². The maximum absolute atomic E-state index is 13.6. The molecule has 0 unspecified atom stereocenters.